The van der Waals surface area contributed by atoms with Gasteiger partial charge in [0.1, 0.15) is 5.15 Å². The zero-order valence-corrected chi connectivity index (χ0v) is 10.5. The largest absolute Gasteiger partial charge is 0.233 e. The van der Waals surface area contributed by atoms with Crippen molar-refractivity contribution < 1.29 is 0 Å². The summed E-state index contributed by atoms with van der Waals surface area (Å²) >= 11 is 12.2. The summed E-state index contributed by atoms with van der Waals surface area (Å²) in [4.78, 5) is 8.79. The van der Waals surface area contributed by atoms with Gasteiger partial charge >= 0.3 is 0 Å². The molecule has 1 fully saturated rings. The summed E-state index contributed by atoms with van der Waals surface area (Å²) in [6.45, 7) is 0. The number of hydrogen-bond acceptors (Lipinski definition) is 2. The maximum atomic E-state index is 6.14. The molecular formula is C13H10Cl2N2. The van der Waals surface area contributed by atoms with Gasteiger partial charge in [-0.05, 0) is 31.0 Å². The fraction of sp³-hybridized carbons (Fsp3) is 0.231. The Hall–Kier alpha value is -1.12. The number of benzene rings is 1. The van der Waals surface area contributed by atoms with Crippen molar-refractivity contribution in [2.75, 3.05) is 0 Å². The van der Waals surface area contributed by atoms with E-state index in [0.29, 0.717) is 21.9 Å². The van der Waals surface area contributed by atoms with Crippen LogP contribution in [-0.4, -0.2) is 9.97 Å². The SMILES string of the molecule is Clc1cc(C2CC2)nc(-c2ccccc2Cl)n1. The molecule has 1 aromatic heterocycles. The Morgan fingerprint density at radius 1 is 1.06 bits per heavy atom. The fourth-order valence-corrected chi connectivity index (χ4v) is 2.20. The highest BCUT2D eigenvalue weighted by atomic mass is 35.5. The lowest BCUT2D eigenvalue weighted by Crippen LogP contribution is -1.95. The van der Waals surface area contributed by atoms with Crippen LogP contribution in [0.25, 0.3) is 11.4 Å². The predicted octanol–water partition coefficient (Wildman–Crippen LogP) is 4.33. The van der Waals surface area contributed by atoms with Crippen LogP contribution in [0.15, 0.2) is 30.3 Å². The second-order valence-corrected chi connectivity index (χ2v) is 4.99. The minimum absolute atomic E-state index is 0.483. The molecule has 3 rings (SSSR count). The smallest absolute Gasteiger partial charge is 0.162 e. The molecule has 1 aromatic carbocycles. The number of aromatic nitrogens is 2. The second kappa shape index (κ2) is 4.28. The predicted molar refractivity (Wildman–Crippen MR) is 69.5 cm³/mol. The molecule has 1 heterocycles. The van der Waals surface area contributed by atoms with E-state index in [1.807, 2.05) is 30.3 Å². The van der Waals surface area contributed by atoms with E-state index < -0.39 is 0 Å². The van der Waals surface area contributed by atoms with Crippen molar-refractivity contribution in [1.29, 1.82) is 0 Å². The molecule has 1 aliphatic rings. The zero-order valence-electron chi connectivity index (χ0n) is 9.03. The lowest BCUT2D eigenvalue weighted by molar-refractivity contribution is 0.994. The van der Waals surface area contributed by atoms with Gasteiger partial charge in [0.15, 0.2) is 5.82 Å². The number of rotatable bonds is 2. The molecule has 17 heavy (non-hydrogen) atoms. The van der Waals surface area contributed by atoms with E-state index in [1.54, 1.807) is 0 Å². The average molecular weight is 265 g/mol. The Bertz CT molecular complexity index is 565. The quantitative estimate of drug-likeness (QED) is 0.755. The van der Waals surface area contributed by atoms with E-state index in [9.17, 15) is 0 Å². The van der Waals surface area contributed by atoms with Crippen molar-refractivity contribution in [1.82, 2.24) is 9.97 Å². The molecule has 0 atom stereocenters. The van der Waals surface area contributed by atoms with Crippen LogP contribution >= 0.6 is 23.2 Å². The summed E-state index contributed by atoms with van der Waals surface area (Å²) in [6.07, 6.45) is 2.38. The van der Waals surface area contributed by atoms with Gasteiger partial charge in [-0.3, -0.25) is 0 Å². The van der Waals surface area contributed by atoms with Crippen molar-refractivity contribution in [3.05, 3.63) is 46.2 Å². The summed E-state index contributed by atoms with van der Waals surface area (Å²) in [5.74, 6) is 1.17. The van der Waals surface area contributed by atoms with Crippen LogP contribution in [0.5, 0.6) is 0 Å². The van der Waals surface area contributed by atoms with Gasteiger partial charge in [0, 0.05) is 17.2 Å². The molecule has 1 saturated carbocycles. The van der Waals surface area contributed by atoms with Crippen molar-refractivity contribution in [3.63, 3.8) is 0 Å². The van der Waals surface area contributed by atoms with Gasteiger partial charge in [-0.25, -0.2) is 9.97 Å². The molecule has 2 aromatic rings. The van der Waals surface area contributed by atoms with Gasteiger partial charge in [0.05, 0.1) is 5.02 Å². The van der Waals surface area contributed by atoms with Crippen LogP contribution in [0.3, 0.4) is 0 Å². The summed E-state index contributed by atoms with van der Waals surface area (Å²) < 4.78 is 0. The van der Waals surface area contributed by atoms with E-state index in [2.05, 4.69) is 9.97 Å². The molecule has 4 heteroatoms. The number of hydrogen-bond donors (Lipinski definition) is 0. The summed E-state index contributed by atoms with van der Waals surface area (Å²) in [5.41, 5.74) is 1.86. The van der Waals surface area contributed by atoms with Gasteiger partial charge in [0.25, 0.3) is 0 Å². The van der Waals surface area contributed by atoms with Crippen LogP contribution in [-0.2, 0) is 0 Å². The van der Waals surface area contributed by atoms with E-state index >= 15 is 0 Å². The number of nitrogens with zero attached hydrogens (tertiary/aromatic N) is 2. The summed E-state index contributed by atoms with van der Waals surface area (Å²) in [7, 11) is 0. The van der Waals surface area contributed by atoms with E-state index in [4.69, 9.17) is 23.2 Å². The topological polar surface area (TPSA) is 25.8 Å². The third-order valence-electron chi connectivity index (χ3n) is 2.83. The Kier molecular flexibility index (Phi) is 2.77. The Morgan fingerprint density at radius 2 is 1.82 bits per heavy atom. The summed E-state index contributed by atoms with van der Waals surface area (Å²) in [5, 5.41) is 1.13. The highest BCUT2D eigenvalue weighted by molar-refractivity contribution is 6.33. The van der Waals surface area contributed by atoms with Gasteiger partial charge in [0.2, 0.25) is 0 Å². The van der Waals surface area contributed by atoms with Gasteiger partial charge in [-0.1, -0.05) is 35.3 Å². The third-order valence-corrected chi connectivity index (χ3v) is 3.35. The maximum Gasteiger partial charge on any atom is 0.162 e. The molecule has 0 spiro atoms. The minimum atomic E-state index is 0.483. The van der Waals surface area contributed by atoms with Crippen LogP contribution in [0.1, 0.15) is 24.5 Å². The maximum absolute atomic E-state index is 6.14. The second-order valence-electron chi connectivity index (χ2n) is 4.19. The van der Waals surface area contributed by atoms with E-state index in [1.165, 1.54) is 12.8 Å². The van der Waals surface area contributed by atoms with Gasteiger partial charge < -0.3 is 0 Å². The molecule has 0 N–H and O–H groups in total. The lowest BCUT2D eigenvalue weighted by Gasteiger charge is -2.05. The van der Waals surface area contributed by atoms with Gasteiger partial charge in [-0.15, -0.1) is 0 Å². The highest BCUT2D eigenvalue weighted by Gasteiger charge is 2.26. The summed E-state index contributed by atoms with van der Waals surface area (Å²) in [6, 6.07) is 9.39. The zero-order chi connectivity index (χ0) is 11.8. The van der Waals surface area contributed by atoms with Crippen LogP contribution in [0.2, 0.25) is 10.2 Å². The lowest BCUT2D eigenvalue weighted by atomic mass is 10.2. The number of halogens is 2. The first-order chi connectivity index (χ1) is 8.24. The van der Waals surface area contributed by atoms with Crippen LogP contribution in [0, 0.1) is 0 Å². The Morgan fingerprint density at radius 3 is 2.53 bits per heavy atom. The van der Waals surface area contributed by atoms with Crippen molar-refractivity contribution in [2.45, 2.75) is 18.8 Å². The molecule has 0 amide bonds. The molecule has 1 aliphatic carbocycles. The molecule has 0 aliphatic heterocycles. The normalized spacial score (nSPS) is 14.9. The molecular weight excluding hydrogens is 255 g/mol. The molecule has 0 saturated heterocycles. The Balaban J connectivity index is 2.11. The van der Waals surface area contributed by atoms with E-state index in [-0.39, 0.29) is 0 Å². The monoisotopic (exact) mass is 264 g/mol. The van der Waals surface area contributed by atoms with Crippen molar-refractivity contribution in [3.8, 4) is 11.4 Å². The average Bonchev–Trinajstić information content (AvgIpc) is 3.12. The molecule has 86 valence electrons. The van der Waals surface area contributed by atoms with Crippen LogP contribution < -0.4 is 0 Å². The Labute approximate surface area is 110 Å². The van der Waals surface area contributed by atoms with E-state index in [0.717, 1.165) is 11.3 Å². The minimum Gasteiger partial charge on any atom is -0.233 e. The molecule has 0 bridgehead atoms. The first-order valence-electron chi connectivity index (χ1n) is 5.53. The standard InChI is InChI=1S/C13H10Cl2N2/c14-10-4-2-1-3-9(10)13-16-11(8-5-6-8)7-12(15)17-13/h1-4,7-8H,5-6H2. The molecule has 0 radical (unpaired) electrons. The van der Waals surface area contributed by atoms with Crippen molar-refractivity contribution >= 4 is 23.2 Å². The van der Waals surface area contributed by atoms with Crippen LogP contribution in [0.4, 0.5) is 0 Å². The first kappa shape index (κ1) is 11.0. The highest BCUT2D eigenvalue weighted by Crippen LogP contribution is 2.40. The fourth-order valence-electron chi connectivity index (χ4n) is 1.79. The van der Waals surface area contributed by atoms with Gasteiger partial charge in [-0.2, -0.15) is 0 Å². The molecule has 2 nitrogen and oxygen atoms in total. The molecule has 0 unspecified atom stereocenters. The van der Waals surface area contributed by atoms with Crippen molar-refractivity contribution in [2.24, 2.45) is 0 Å². The third kappa shape index (κ3) is 2.28. The first-order valence-corrected chi connectivity index (χ1v) is 6.29.